The summed E-state index contributed by atoms with van der Waals surface area (Å²) in [7, 11) is 1.51. The summed E-state index contributed by atoms with van der Waals surface area (Å²) >= 11 is 6.03. The standard InChI is InChI=1S/C24H22ClN3O5/c1-13-21(24(30)27-16-6-3-4-9-20(16)33-2)22(23-17(26-13)7-5-8-19(23)29)14-10-11-15(25)18(12-14)28(31)32/h3-4,6,9-12,22,26H,5,7-8H2,1-2H3,(H,27,30). The molecule has 0 fully saturated rings. The number of ketones is 1. The number of amides is 1. The Morgan fingerprint density at radius 1 is 1.24 bits per heavy atom. The number of carbonyl (C=O) groups excluding carboxylic acids is 2. The van der Waals surface area contributed by atoms with Gasteiger partial charge in [-0.2, -0.15) is 0 Å². The maximum Gasteiger partial charge on any atom is 0.288 e. The maximum atomic E-state index is 13.5. The topological polar surface area (TPSA) is 111 Å². The van der Waals surface area contributed by atoms with E-state index in [1.54, 1.807) is 37.3 Å². The van der Waals surface area contributed by atoms with Crippen LogP contribution in [0.15, 0.2) is 65.0 Å². The summed E-state index contributed by atoms with van der Waals surface area (Å²) in [6.45, 7) is 1.76. The number of nitrogens with one attached hydrogen (secondary N) is 2. The van der Waals surface area contributed by atoms with Crippen LogP contribution >= 0.6 is 11.6 Å². The lowest BCUT2D eigenvalue weighted by molar-refractivity contribution is -0.384. The largest absolute Gasteiger partial charge is 0.495 e. The number of Topliss-reactive ketones (excluding diaryl/α,β-unsaturated/α-hetero) is 1. The molecule has 1 aliphatic heterocycles. The van der Waals surface area contributed by atoms with Crippen molar-refractivity contribution in [2.24, 2.45) is 0 Å². The second kappa shape index (κ2) is 9.07. The van der Waals surface area contributed by atoms with Gasteiger partial charge in [0.2, 0.25) is 0 Å². The quantitative estimate of drug-likeness (QED) is 0.479. The number of allylic oxidation sites excluding steroid dienone is 3. The molecule has 1 atom stereocenters. The second-order valence-electron chi connectivity index (χ2n) is 7.89. The normalized spacial score (nSPS) is 17.9. The van der Waals surface area contributed by atoms with Gasteiger partial charge in [0.1, 0.15) is 10.8 Å². The van der Waals surface area contributed by atoms with Crippen molar-refractivity contribution in [1.82, 2.24) is 5.32 Å². The Kier molecular flexibility index (Phi) is 6.20. The highest BCUT2D eigenvalue weighted by atomic mass is 35.5. The van der Waals surface area contributed by atoms with Crippen LogP contribution in [0.1, 0.15) is 37.7 Å². The third-order valence-electron chi connectivity index (χ3n) is 5.88. The van der Waals surface area contributed by atoms with Crippen molar-refractivity contribution in [3.05, 3.63) is 85.7 Å². The van der Waals surface area contributed by atoms with Crippen LogP contribution in [0.4, 0.5) is 11.4 Å². The van der Waals surface area contributed by atoms with E-state index in [2.05, 4.69) is 10.6 Å². The first-order valence-electron chi connectivity index (χ1n) is 10.4. The Morgan fingerprint density at radius 2 is 2.00 bits per heavy atom. The molecule has 8 nitrogen and oxygen atoms in total. The number of para-hydroxylation sites is 2. The highest BCUT2D eigenvalue weighted by Gasteiger charge is 2.39. The highest BCUT2D eigenvalue weighted by molar-refractivity contribution is 6.32. The van der Waals surface area contributed by atoms with Crippen LogP contribution in [0.2, 0.25) is 5.02 Å². The van der Waals surface area contributed by atoms with Gasteiger partial charge in [-0.15, -0.1) is 0 Å². The van der Waals surface area contributed by atoms with E-state index >= 15 is 0 Å². The van der Waals surface area contributed by atoms with E-state index in [4.69, 9.17) is 16.3 Å². The Morgan fingerprint density at radius 3 is 2.73 bits per heavy atom. The van der Waals surface area contributed by atoms with Crippen molar-refractivity contribution in [3.8, 4) is 5.75 Å². The summed E-state index contributed by atoms with van der Waals surface area (Å²) in [5.74, 6) is -0.793. The zero-order valence-corrected chi connectivity index (χ0v) is 18.9. The zero-order valence-electron chi connectivity index (χ0n) is 18.1. The lowest BCUT2D eigenvalue weighted by Crippen LogP contribution is -2.35. The molecule has 33 heavy (non-hydrogen) atoms. The molecule has 1 heterocycles. The van der Waals surface area contributed by atoms with E-state index in [-0.39, 0.29) is 16.5 Å². The van der Waals surface area contributed by atoms with Crippen molar-refractivity contribution in [2.75, 3.05) is 12.4 Å². The molecule has 2 aromatic rings. The van der Waals surface area contributed by atoms with Crippen LogP contribution in [0.25, 0.3) is 0 Å². The molecule has 170 valence electrons. The van der Waals surface area contributed by atoms with E-state index in [9.17, 15) is 19.7 Å². The first-order chi connectivity index (χ1) is 15.8. The number of nitrogens with zero attached hydrogens (tertiary/aromatic N) is 1. The van der Waals surface area contributed by atoms with Crippen molar-refractivity contribution in [1.29, 1.82) is 0 Å². The fraction of sp³-hybridized carbons (Fsp3) is 0.250. The number of hydrogen-bond acceptors (Lipinski definition) is 6. The predicted octanol–water partition coefficient (Wildman–Crippen LogP) is 4.86. The number of rotatable bonds is 5. The number of hydrogen-bond donors (Lipinski definition) is 2. The first kappa shape index (κ1) is 22.5. The van der Waals surface area contributed by atoms with Gasteiger partial charge >= 0.3 is 0 Å². The van der Waals surface area contributed by atoms with Gasteiger partial charge in [-0.1, -0.05) is 29.8 Å². The van der Waals surface area contributed by atoms with Crippen LogP contribution in [0.5, 0.6) is 5.75 Å². The molecule has 2 aromatic carbocycles. The molecule has 0 saturated heterocycles. The maximum absolute atomic E-state index is 13.5. The summed E-state index contributed by atoms with van der Waals surface area (Å²) in [5, 5.41) is 17.6. The summed E-state index contributed by atoms with van der Waals surface area (Å²) in [6.07, 6.45) is 1.72. The molecule has 1 amide bonds. The van der Waals surface area contributed by atoms with E-state index < -0.39 is 16.7 Å². The molecule has 4 rings (SSSR count). The minimum atomic E-state index is -0.764. The Hall–Kier alpha value is -3.65. The van der Waals surface area contributed by atoms with Gasteiger partial charge in [0.25, 0.3) is 11.6 Å². The fourth-order valence-electron chi connectivity index (χ4n) is 4.40. The third kappa shape index (κ3) is 4.21. The third-order valence-corrected chi connectivity index (χ3v) is 6.20. The molecule has 0 aromatic heterocycles. The Balaban J connectivity index is 1.84. The van der Waals surface area contributed by atoms with Crippen molar-refractivity contribution >= 4 is 34.7 Å². The average molecular weight is 468 g/mol. The second-order valence-corrected chi connectivity index (χ2v) is 8.30. The molecule has 0 spiro atoms. The molecule has 2 N–H and O–H groups in total. The van der Waals surface area contributed by atoms with Crippen LogP contribution < -0.4 is 15.4 Å². The summed E-state index contributed by atoms with van der Waals surface area (Å²) in [5.41, 5.74) is 2.76. The molecule has 9 heteroatoms. The average Bonchev–Trinajstić information content (AvgIpc) is 2.78. The lowest BCUT2D eigenvalue weighted by atomic mass is 9.75. The Labute approximate surface area is 195 Å². The number of nitro groups is 1. The van der Waals surface area contributed by atoms with Crippen molar-refractivity contribution < 1.29 is 19.2 Å². The van der Waals surface area contributed by atoms with Crippen molar-refractivity contribution in [3.63, 3.8) is 0 Å². The van der Waals surface area contributed by atoms with Gasteiger partial charge < -0.3 is 15.4 Å². The number of carbonyl (C=O) groups is 2. The molecule has 1 unspecified atom stereocenters. The van der Waals surface area contributed by atoms with Crippen LogP contribution in [-0.4, -0.2) is 23.7 Å². The number of nitro benzene ring substituents is 1. The fourth-order valence-corrected chi connectivity index (χ4v) is 4.59. The van der Waals surface area contributed by atoms with E-state index in [0.717, 1.165) is 5.70 Å². The monoisotopic (exact) mass is 467 g/mol. The molecule has 1 aliphatic carbocycles. The van der Waals surface area contributed by atoms with Crippen LogP contribution in [0, 0.1) is 10.1 Å². The summed E-state index contributed by atoms with van der Waals surface area (Å²) in [4.78, 5) is 37.5. The summed E-state index contributed by atoms with van der Waals surface area (Å²) in [6, 6.07) is 11.4. The van der Waals surface area contributed by atoms with Gasteiger partial charge in [0.05, 0.1) is 17.7 Å². The molecule has 0 radical (unpaired) electrons. The van der Waals surface area contributed by atoms with Gasteiger partial charge in [-0.05, 0) is 43.5 Å². The van der Waals surface area contributed by atoms with E-state index in [1.165, 1.54) is 19.2 Å². The first-order valence-corrected chi connectivity index (χ1v) is 10.8. The SMILES string of the molecule is COc1ccccc1NC(=O)C1=C(C)NC2=C(C(=O)CCC2)C1c1ccc(Cl)c([N+](=O)[O-])c1. The van der Waals surface area contributed by atoms with Crippen LogP contribution in [0.3, 0.4) is 0 Å². The Bertz CT molecular complexity index is 1230. The molecule has 0 saturated carbocycles. The molecule has 2 aliphatic rings. The molecular weight excluding hydrogens is 446 g/mol. The van der Waals surface area contributed by atoms with Gasteiger partial charge in [0.15, 0.2) is 5.78 Å². The minimum absolute atomic E-state index is 0.0115. The number of methoxy groups -OCH3 is 1. The van der Waals surface area contributed by atoms with Gasteiger partial charge in [-0.25, -0.2) is 0 Å². The van der Waals surface area contributed by atoms with E-state index in [0.29, 0.717) is 53.1 Å². The number of halogens is 1. The number of dihydropyridines is 1. The van der Waals surface area contributed by atoms with Crippen LogP contribution in [-0.2, 0) is 9.59 Å². The number of ether oxygens (including phenoxy) is 1. The van der Waals surface area contributed by atoms with Crippen molar-refractivity contribution in [2.45, 2.75) is 32.1 Å². The molecular formula is C24H22ClN3O5. The highest BCUT2D eigenvalue weighted by Crippen LogP contribution is 2.44. The predicted molar refractivity (Wildman–Crippen MR) is 124 cm³/mol. The zero-order chi connectivity index (χ0) is 23.7. The van der Waals surface area contributed by atoms with Gasteiger partial charge in [0, 0.05) is 40.9 Å². The number of benzene rings is 2. The minimum Gasteiger partial charge on any atom is -0.495 e. The smallest absolute Gasteiger partial charge is 0.288 e. The lowest BCUT2D eigenvalue weighted by Gasteiger charge is -2.34. The van der Waals surface area contributed by atoms with Gasteiger partial charge in [-0.3, -0.25) is 19.7 Å². The number of anilines is 1. The molecule has 0 bridgehead atoms. The van der Waals surface area contributed by atoms with E-state index in [1.807, 2.05) is 0 Å². The summed E-state index contributed by atoms with van der Waals surface area (Å²) < 4.78 is 5.33.